The first-order valence-corrected chi connectivity index (χ1v) is 9.96. The van der Waals surface area contributed by atoms with Crippen LogP contribution in [0.2, 0.25) is 0 Å². The lowest BCUT2D eigenvalue weighted by Gasteiger charge is -2.25. The van der Waals surface area contributed by atoms with Crippen molar-refractivity contribution in [2.75, 3.05) is 33.7 Å². The monoisotopic (exact) mass is 371 g/mol. The van der Waals surface area contributed by atoms with Gasteiger partial charge in [0.25, 0.3) is 0 Å². The average Bonchev–Trinajstić information content (AvgIpc) is 3.03. The Morgan fingerprint density at radius 2 is 2.04 bits per heavy atom. The second kappa shape index (κ2) is 8.73. The molecule has 1 unspecified atom stereocenters. The van der Waals surface area contributed by atoms with E-state index in [1.165, 1.54) is 23.5 Å². The SMILES string of the molecule is CNCC1CCCN1C(=O)CCCN(C)S(=O)(=O)c1ccc(F)cc1. The number of carbonyl (C=O) groups excluding carboxylic acids is 1. The summed E-state index contributed by atoms with van der Waals surface area (Å²) in [7, 11) is -0.314. The van der Waals surface area contributed by atoms with Gasteiger partial charge < -0.3 is 10.2 Å². The van der Waals surface area contributed by atoms with E-state index in [2.05, 4.69) is 5.32 Å². The minimum atomic E-state index is -3.66. The van der Waals surface area contributed by atoms with Gasteiger partial charge in [0.2, 0.25) is 15.9 Å². The highest BCUT2D eigenvalue weighted by atomic mass is 32.2. The maximum absolute atomic E-state index is 12.9. The second-order valence-corrected chi connectivity index (χ2v) is 8.37. The van der Waals surface area contributed by atoms with Gasteiger partial charge in [-0.3, -0.25) is 4.79 Å². The lowest BCUT2D eigenvalue weighted by molar-refractivity contribution is -0.132. The summed E-state index contributed by atoms with van der Waals surface area (Å²) < 4.78 is 39.0. The van der Waals surface area contributed by atoms with Crippen molar-refractivity contribution >= 4 is 15.9 Å². The highest BCUT2D eigenvalue weighted by Crippen LogP contribution is 2.19. The van der Waals surface area contributed by atoms with E-state index in [9.17, 15) is 17.6 Å². The van der Waals surface area contributed by atoms with Gasteiger partial charge in [-0.2, -0.15) is 0 Å². The topological polar surface area (TPSA) is 69.7 Å². The van der Waals surface area contributed by atoms with Gasteiger partial charge in [0.15, 0.2) is 0 Å². The third kappa shape index (κ3) is 4.99. The molecule has 0 saturated carbocycles. The number of rotatable bonds is 8. The first kappa shape index (κ1) is 19.8. The molecule has 1 aliphatic heterocycles. The van der Waals surface area contributed by atoms with Crippen LogP contribution in [0.5, 0.6) is 0 Å². The van der Waals surface area contributed by atoms with Crippen molar-refractivity contribution in [1.82, 2.24) is 14.5 Å². The Balaban J connectivity index is 1.86. The number of halogens is 1. The van der Waals surface area contributed by atoms with Crippen LogP contribution in [0, 0.1) is 5.82 Å². The summed E-state index contributed by atoms with van der Waals surface area (Å²) in [6, 6.07) is 4.98. The van der Waals surface area contributed by atoms with E-state index in [1.807, 2.05) is 11.9 Å². The van der Waals surface area contributed by atoms with Crippen molar-refractivity contribution in [3.05, 3.63) is 30.1 Å². The van der Waals surface area contributed by atoms with Crippen LogP contribution in [-0.2, 0) is 14.8 Å². The van der Waals surface area contributed by atoms with Crippen molar-refractivity contribution in [2.45, 2.75) is 36.6 Å². The molecule has 1 fully saturated rings. The zero-order valence-electron chi connectivity index (χ0n) is 14.7. The van der Waals surface area contributed by atoms with Gasteiger partial charge in [-0.1, -0.05) is 0 Å². The van der Waals surface area contributed by atoms with Crippen LogP contribution in [0.1, 0.15) is 25.7 Å². The molecule has 1 amide bonds. The van der Waals surface area contributed by atoms with Crippen molar-refractivity contribution in [3.8, 4) is 0 Å². The van der Waals surface area contributed by atoms with Crippen molar-refractivity contribution in [2.24, 2.45) is 0 Å². The molecule has 1 atom stereocenters. The first-order valence-electron chi connectivity index (χ1n) is 8.52. The summed E-state index contributed by atoms with van der Waals surface area (Å²) in [4.78, 5) is 14.3. The Hall–Kier alpha value is -1.51. The predicted molar refractivity (Wildman–Crippen MR) is 94.1 cm³/mol. The number of sulfonamides is 1. The maximum Gasteiger partial charge on any atom is 0.242 e. The Morgan fingerprint density at radius 3 is 2.68 bits per heavy atom. The number of likely N-dealkylation sites (N-methyl/N-ethyl adjacent to an activating group) is 1. The third-order valence-corrected chi connectivity index (χ3v) is 6.39. The molecule has 6 nitrogen and oxygen atoms in total. The van der Waals surface area contributed by atoms with Gasteiger partial charge in [0.05, 0.1) is 4.90 Å². The van der Waals surface area contributed by atoms with Crippen LogP contribution in [-0.4, -0.2) is 63.3 Å². The normalized spacial score (nSPS) is 18.1. The highest BCUT2D eigenvalue weighted by Gasteiger charge is 2.28. The molecule has 140 valence electrons. The van der Waals surface area contributed by atoms with Crippen LogP contribution in [0.25, 0.3) is 0 Å². The number of nitrogens with one attached hydrogen (secondary N) is 1. The second-order valence-electron chi connectivity index (χ2n) is 6.32. The molecular weight excluding hydrogens is 345 g/mol. The van der Waals surface area contributed by atoms with Gasteiger partial charge in [0, 0.05) is 39.1 Å². The van der Waals surface area contributed by atoms with E-state index < -0.39 is 15.8 Å². The average molecular weight is 371 g/mol. The number of benzene rings is 1. The predicted octanol–water partition coefficient (Wildman–Crippen LogP) is 1.44. The Bertz CT molecular complexity index is 679. The number of carbonyl (C=O) groups is 1. The highest BCUT2D eigenvalue weighted by molar-refractivity contribution is 7.89. The molecule has 1 N–H and O–H groups in total. The van der Waals surface area contributed by atoms with Gasteiger partial charge in [0.1, 0.15) is 5.82 Å². The molecular formula is C17H26FN3O3S. The number of amides is 1. The fourth-order valence-electron chi connectivity index (χ4n) is 3.12. The van der Waals surface area contributed by atoms with Gasteiger partial charge in [-0.25, -0.2) is 17.1 Å². The van der Waals surface area contributed by atoms with E-state index in [4.69, 9.17) is 0 Å². The molecule has 1 aliphatic rings. The fraction of sp³-hybridized carbons (Fsp3) is 0.588. The number of hydrogen-bond acceptors (Lipinski definition) is 4. The largest absolute Gasteiger partial charge is 0.338 e. The molecule has 1 saturated heterocycles. The van der Waals surface area contributed by atoms with Crippen LogP contribution in [0.3, 0.4) is 0 Å². The summed E-state index contributed by atoms with van der Waals surface area (Å²) in [6.07, 6.45) is 2.80. The zero-order valence-corrected chi connectivity index (χ0v) is 15.6. The molecule has 8 heteroatoms. The lowest BCUT2D eigenvalue weighted by Crippen LogP contribution is -2.41. The molecule has 0 aliphatic carbocycles. The summed E-state index contributed by atoms with van der Waals surface area (Å²) >= 11 is 0. The summed E-state index contributed by atoms with van der Waals surface area (Å²) in [5.74, 6) is -0.403. The molecule has 1 heterocycles. The van der Waals surface area contributed by atoms with Crippen molar-refractivity contribution < 1.29 is 17.6 Å². The first-order chi connectivity index (χ1) is 11.9. The van der Waals surface area contributed by atoms with Gasteiger partial charge in [-0.15, -0.1) is 0 Å². The summed E-state index contributed by atoms with van der Waals surface area (Å²) in [6.45, 7) is 1.80. The quantitative estimate of drug-likeness (QED) is 0.751. The molecule has 1 aromatic carbocycles. The number of likely N-dealkylation sites (tertiary alicyclic amines) is 1. The Morgan fingerprint density at radius 1 is 1.36 bits per heavy atom. The minimum absolute atomic E-state index is 0.0522. The summed E-state index contributed by atoms with van der Waals surface area (Å²) in [5, 5.41) is 3.10. The van der Waals surface area contributed by atoms with E-state index in [-0.39, 0.29) is 23.4 Å². The number of nitrogens with zero attached hydrogens (tertiary/aromatic N) is 2. The molecule has 25 heavy (non-hydrogen) atoms. The molecule has 0 aromatic heterocycles. The van der Waals surface area contributed by atoms with E-state index in [0.717, 1.165) is 38.1 Å². The molecule has 0 spiro atoms. The van der Waals surface area contributed by atoms with Gasteiger partial charge >= 0.3 is 0 Å². The van der Waals surface area contributed by atoms with Crippen LogP contribution in [0.15, 0.2) is 29.2 Å². The smallest absolute Gasteiger partial charge is 0.242 e. The van der Waals surface area contributed by atoms with Crippen molar-refractivity contribution in [3.63, 3.8) is 0 Å². The molecule has 2 rings (SSSR count). The van der Waals surface area contributed by atoms with E-state index in [1.54, 1.807) is 0 Å². The fourth-order valence-corrected chi connectivity index (χ4v) is 4.32. The maximum atomic E-state index is 12.9. The minimum Gasteiger partial charge on any atom is -0.338 e. The van der Waals surface area contributed by atoms with E-state index in [0.29, 0.717) is 12.8 Å². The lowest BCUT2D eigenvalue weighted by atomic mass is 10.2. The zero-order chi connectivity index (χ0) is 18.4. The standard InChI is InChI=1S/C17H26FN3O3S/c1-19-13-15-5-3-12-21(15)17(22)6-4-11-20(2)25(23,24)16-9-7-14(18)8-10-16/h7-10,15,19H,3-6,11-13H2,1-2H3. The van der Waals surface area contributed by atoms with Crippen molar-refractivity contribution in [1.29, 1.82) is 0 Å². The van der Waals surface area contributed by atoms with Crippen LogP contribution < -0.4 is 5.32 Å². The van der Waals surface area contributed by atoms with Crippen LogP contribution in [0.4, 0.5) is 4.39 Å². The molecule has 1 aromatic rings. The molecule has 0 bridgehead atoms. The van der Waals surface area contributed by atoms with E-state index >= 15 is 0 Å². The molecule has 0 radical (unpaired) electrons. The van der Waals surface area contributed by atoms with Crippen LogP contribution >= 0.6 is 0 Å². The number of hydrogen-bond donors (Lipinski definition) is 1. The van der Waals surface area contributed by atoms with Gasteiger partial charge in [-0.05, 0) is 50.6 Å². The Labute approximate surface area is 149 Å². The summed E-state index contributed by atoms with van der Waals surface area (Å²) in [5.41, 5.74) is 0. The third-order valence-electron chi connectivity index (χ3n) is 4.52. The Kier molecular flexibility index (Phi) is 6.92.